The number of carbonyl (C=O) groups excluding carboxylic acids is 1. The highest BCUT2D eigenvalue weighted by atomic mass is 16.2. The van der Waals surface area contributed by atoms with Crippen molar-refractivity contribution < 1.29 is 4.79 Å². The second-order valence-electron chi connectivity index (χ2n) is 6.48. The van der Waals surface area contributed by atoms with Gasteiger partial charge in [0.2, 0.25) is 5.91 Å². The van der Waals surface area contributed by atoms with Gasteiger partial charge in [-0.15, -0.1) is 0 Å². The molecule has 0 atom stereocenters. The molecule has 1 N–H and O–H groups in total. The second-order valence-corrected chi connectivity index (χ2v) is 6.48. The molecule has 126 valence electrons. The van der Waals surface area contributed by atoms with Crippen molar-refractivity contribution in [3.63, 3.8) is 0 Å². The zero-order valence-electron chi connectivity index (χ0n) is 13.9. The van der Waals surface area contributed by atoms with Gasteiger partial charge in [0.1, 0.15) is 0 Å². The van der Waals surface area contributed by atoms with Crippen LogP contribution >= 0.6 is 0 Å². The van der Waals surface area contributed by atoms with E-state index < -0.39 is 0 Å². The van der Waals surface area contributed by atoms with Crippen molar-refractivity contribution >= 4 is 5.91 Å². The number of carbonyl (C=O) groups is 1. The minimum Gasteiger partial charge on any atom is -0.339 e. The maximum Gasteiger partial charge on any atom is 0.236 e. The summed E-state index contributed by atoms with van der Waals surface area (Å²) in [6.07, 6.45) is 1.11. The Morgan fingerprint density at radius 2 is 1.57 bits per heavy atom. The van der Waals surface area contributed by atoms with E-state index in [0.29, 0.717) is 12.5 Å². The molecule has 23 heavy (non-hydrogen) atoms. The standard InChI is InChI=1S/C18H28N4O/c23-18(22-10-7-19-8-11-22)16-21-14-12-20(13-15-21)9-6-17-4-2-1-3-5-17/h1-5,19H,6-16H2. The second kappa shape index (κ2) is 8.43. The first-order chi connectivity index (χ1) is 11.3. The summed E-state index contributed by atoms with van der Waals surface area (Å²) < 4.78 is 0. The van der Waals surface area contributed by atoms with Crippen molar-refractivity contribution in [3.05, 3.63) is 35.9 Å². The number of hydrogen-bond donors (Lipinski definition) is 1. The highest BCUT2D eigenvalue weighted by molar-refractivity contribution is 5.78. The molecule has 0 radical (unpaired) electrons. The molecular weight excluding hydrogens is 288 g/mol. The molecule has 2 heterocycles. The first kappa shape index (κ1) is 16.4. The third-order valence-electron chi connectivity index (χ3n) is 4.85. The molecule has 5 heteroatoms. The molecule has 2 aliphatic rings. The number of rotatable bonds is 5. The molecule has 1 aromatic carbocycles. The third-order valence-corrected chi connectivity index (χ3v) is 4.85. The minimum absolute atomic E-state index is 0.296. The summed E-state index contributed by atoms with van der Waals surface area (Å²) in [5.41, 5.74) is 1.41. The Morgan fingerprint density at radius 1 is 0.913 bits per heavy atom. The Kier molecular flexibility index (Phi) is 6.02. The van der Waals surface area contributed by atoms with E-state index in [2.05, 4.69) is 45.4 Å². The van der Waals surface area contributed by atoms with Gasteiger partial charge in [-0.3, -0.25) is 9.69 Å². The largest absolute Gasteiger partial charge is 0.339 e. The Bertz CT molecular complexity index is 479. The zero-order valence-corrected chi connectivity index (χ0v) is 13.9. The van der Waals surface area contributed by atoms with E-state index >= 15 is 0 Å². The average Bonchev–Trinajstić information content (AvgIpc) is 2.63. The minimum atomic E-state index is 0.296. The van der Waals surface area contributed by atoms with Gasteiger partial charge in [-0.05, 0) is 12.0 Å². The summed E-state index contributed by atoms with van der Waals surface area (Å²) in [7, 11) is 0. The Hall–Kier alpha value is -1.43. The van der Waals surface area contributed by atoms with Crippen LogP contribution in [0.15, 0.2) is 30.3 Å². The van der Waals surface area contributed by atoms with Crippen LogP contribution in [-0.2, 0) is 11.2 Å². The summed E-state index contributed by atoms with van der Waals surface area (Å²) in [5, 5.41) is 3.29. The van der Waals surface area contributed by atoms with E-state index in [0.717, 1.165) is 65.3 Å². The van der Waals surface area contributed by atoms with E-state index in [1.165, 1.54) is 5.56 Å². The fraction of sp³-hybridized carbons (Fsp3) is 0.611. The van der Waals surface area contributed by atoms with Crippen LogP contribution in [0.25, 0.3) is 0 Å². The van der Waals surface area contributed by atoms with Gasteiger partial charge in [0, 0.05) is 58.9 Å². The molecule has 3 rings (SSSR count). The smallest absolute Gasteiger partial charge is 0.236 e. The molecule has 5 nitrogen and oxygen atoms in total. The van der Waals surface area contributed by atoms with E-state index in [1.807, 2.05) is 4.90 Å². The molecule has 2 fully saturated rings. The predicted molar refractivity (Wildman–Crippen MR) is 92.5 cm³/mol. The van der Waals surface area contributed by atoms with Crippen molar-refractivity contribution in [2.24, 2.45) is 0 Å². The van der Waals surface area contributed by atoms with E-state index in [9.17, 15) is 4.79 Å². The summed E-state index contributed by atoms with van der Waals surface area (Å²) in [6, 6.07) is 10.7. The van der Waals surface area contributed by atoms with E-state index in [4.69, 9.17) is 0 Å². The molecule has 2 saturated heterocycles. The van der Waals surface area contributed by atoms with Crippen LogP contribution in [0, 0.1) is 0 Å². The van der Waals surface area contributed by atoms with Gasteiger partial charge in [-0.25, -0.2) is 0 Å². The molecule has 0 unspecified atom stereocenters. The van der Waals surface area contributed by atoms with Crippen molar-refractivity contribution in [2.45, 2.75) is 6.42 Å². The van der Waals surface area contributed by atoms with Crippen LogP contribution in [0.3, 0.4) is 0 Å². The van der Waals surface area contributed by atoms with Crippen LogP contribution < -0.4 is 5.32 Å². The SMILES string of the molecule is O=C(CN1CCN(CCc2ccccc2)CC1)N1CCNCC1. The quantitative estimate of drug-likeness (QED) is 0.847. The first-order valence-electron chi connectivity index (χ1n) is 8.78. The maximum absolute atomic E-state index is 12.3. The normalized spacial score (nSPS) is 20.6. The Balaban J connectivity index is 1.36. The number of hydrogen-bond acceptors (Lipinski definition) is 4. The van der Waals surface area contributed by atoms with Gasteiger partial charge in [0.15, 0.2) is 0 Å². The van der Waals surface area contributed by atoms with Crippen molar-refractivity contribution in [1.82, 2.24) is 20.0 Å². The van der Waals surface area contributed by atoms with Gasteiger partial charge in [-0.2, -0.15) is 0 Å². The van der Waals surface area contributed by atoms with Crippen LogP contribution in [0.1, 0.15) is 5.56 Å². The molecule has 1 aromatic rings. The van der Waals surface area contributed by atoms with Crippen LogP contribution in [-0.4, -0.2) is 86.1 Å². The third kappa shape index (κ3) is 5.03. The summed E-state index contributed by atoms with van der Waals surface area (Å²) in [5.74, 6) is 0.296. The lowest BCUT2D eigenvalue weighted by Gasteiger charge is -2.36. The highest BCUT2D eigenvalue weighted by Gasteiger charge is 2.22. The summed E-state index contributed by atoms with van der Waals surface area (Å²) >= 11 is 0. The molecule has 0 aliphatic carbocycles. The number of nitrogens with zero attached hydrogens (tertiary/aromatic N) is 3. The monoisotopic (exact) mass is 316 g/mol. The molecule has 1 amide bonds. The van der Waals surface area contributed by atoms with Gasteiger partial charge >= 0.3 is 0 Å². The lowest BCUT2D eigenvalue weighted by atomic mass is 10.1. The zero-order chi connectivity index (χ0) is 15.9. The number of nitrogens with one attached hydrogen (secondary N) is 1. The molecule has 0 spiro atoms. The highest BCUT2D eigenvalue weighted by Crippen LogP contribution is 2.06. The topological polar surface area (TPSA) is 38.8 Å². The van der Waals surface area contributed by atoms with Crippen LogP contribution in [0.5, 0.6) is 0 Å². The average molecular weight is 316 g/mol. The van der Waals surface area contributed by atoms with Gasteiger partial charge in [0.25, 0.3) is 0 Å². The summed E-state index contributed by atoms with van der Waals surface area (Å²) in [6.45, 7) is 9.43. The van der Waals surface area contributed by atoms with Gasteiger partial charge < -0.3 is 15.1 Å². The number of benzene rings is 1. The lowest BCUT2D eigenvalue weighted by molar-refractivity contribution is -0.133. The molecule has 0 aromatic heterocycles. The Labute approximate surface area is 139 Å². The van der Waals surface area contributed by atoms with Crippen LogP contribution in [0.4, 0.5) is 0 Å². The number of amides is 1. The van der Waals surface area contributed by atoms with Gasteiger partial charge in [-0.1, -0.05) is 30.3 Å². The van der Waals surface area contributed by atoms with Crippen molar-refractivity contribution in [3.8, 4) is 0 Å². The van der Waals surface area contributed by atoms with Crippen molar-refractivity contribution in [1.29, 1.82) is 0 Å². The number of piperazine rings is 2. The van der Waals surface area contributed by atoms with E-state index in [1.54, 1.807) is 0 Å². The summed E-state index contributed by atoms with van der Waals surface area (Å²) in [4.78, 5) is 19.1. The van der Waals surface area contributed by atoms with Crippen LogP contribution in [0.2, 0.25) is 0 Å². The Morgan fingerprint density at radius 3 is 2.26 bits per heavy atom. The molecule has 0 bridgehead atoms. The van der Waals surface area contributed by atoms with Gasteiger partial charge in [0.05, 0.1) is 6.54 Å². The lowest BCUT2D eigenvalue weighted by Crippen LogP contribution is -2.53. The fourth-order valence-corrected chi connectivity index (χ4v) is 3.31. The fourth-order valence-electron chi connectivity index (χ4n) is 3.31. The molecule has 0 saturated carbocycles. The van der Waals surface area contributed by atoms with Crippen molar-refractivity contribution in [2.75, 3.05) is 65.4 Å². The predicted octanol–water partition coefficient (Wildman–Crippen LogP) is 0.279. The first-order valence-corrected chi connectivity index (χ1v) is 8.78. The molecule has 2 aliphatic heterocycles. The molecular formula is C18H28N4O. The maximum atomic E-state index is 12.3. The van der Waals surface area contributed by atoms with E-state index in [-0.39, 0.29) is 0 Å².